The van der Waals surface area contributed by atoms with E-state index in [9.17, 15) is 15.0 Å². The van der Waals surface area contributed by atoms with Crippen molar-refractivity contribution in [3.63, 3.8) is 0 Å². The molecule has 7 heteroatoms. The van der Waals surface area contributed by atoms with Gasteiger partial charge in [0.15, 0.2) is 5.78 Å². The van der Waals surface area contributed by atoms with Crippen molar-refractivity contribution in [1.29, 1.82) is 0 Å². The Balaban J connectivity index is 1.67. The van der Waals surface area contributed by atoms with E-state index < -0.39 is 11.7 Å². The highest BCUT2D eigenvalue weighted by Gasteiger charge is 2.41. The highest BCUT2D eigenvalue weighted by molar-refractivity contribution is 8.04. The minimum atomic E-state index is -1.40. The molecule has 0 fully saturated rings. The molecular formula is C27H31NO5S. The van der Waals surface area contributed by atoms with Gasteiger partial charge in [0.1, 0.15) is 16.4 Å². The first-order valence-corrected chi connectivity index (χ1v) is 12.3. The first kappa shape index (κ1) is 25.9. The number of aliphatic hydroxyl groups is 3. The summed E-state index contributed by atoms with van der Waals surface area (Å²) < 4.78 is 5.73. The Bertz CT molecular complexity index is 1010. The van der Waals surface area contributed by atoms with E-state index in [1.54, 1.807) is 36.6 Å². The van der Waals surface area contributed by atoms with Crippen LogP contribution >= 0.6 is 11.8 Å². The molecule has 0 saturated carbocycles. The lowest BCUT2D eigenvalue weighted by Gasteiger charge is -2.22. The fourth-order valence-electron chi connectivity index (χ4n) is 3.59. The predicted molar refractivity (Wildman–Crippen MR) is 133 cm³/mol. The standard InChI is InChI=1S/C27H31NO5S/c29-18-9-11-21(30)10-8-14-23-26(31)24(34-25-15-4-6-17-28-25)20-27(23,32)16-5-7-19-33-22-12-2-1-3-13-22/h1-4,6,8,10,12-15,17,20-21,29-30,32H,5,7,9,11,16,18-19H2/b10-8-,23-14-. The number of allylic oxidation sites excluding steroid dienone is 3. The number of ether oxygens (including phenoxy) is 1. The van der Waals surface area contributed by atoms with Gasteiger partial charge in [-0.2, -0.15) is 0 Å². The summed E-state index contributed by atoms with van der Waals surface area (Å²) >= 11 is 1.23. The van der Waals surface area contributed by atoms with Gasteiger partial charge in [-0.25, -0.2) is 4.98 Å². The Labute approximate surface area is 204 Å². The number of unbranched alkanes of at least 4 members (excludes halogenated alkanes) is 1. The third-order valence-electron chi connectivity index (χ3n) is 5.38. The van der Waals surface area contributed by atoms with Crippen LogP contribution in [0, 0.1) is 0 Å². The van der Waals surface area contributed by atoms with Gasteiger partial charge in [0, 0.05) is 18.4 Å². The fraction of sp³-hybridized carbons (Fsp3) is 0.333. The zero-order valence-electron chi connectivity index (χ0n) is 19.0. The number of aliphatic hydroxyl groups excluding tert-OH is 2. The predicted octanol–water partition coefficient (Wildman–Crippen LogP) is 4.24. The second-order valence-corrected chi connectivity index (χ2v) is 9.11. The van der Waals surface area contributed by atoms with Gasteiger partial charge in [-0.15, -0.1) is 0 Å². The van der Waals surface area contributed by atoms with Crippen molar-refractivity contribution in [2.45, 2.75) is 48.8 Å². The van der Waals surface area contributed by atoms with Gasteiger partial charge in [-0.1, -0.05) is 54.3 Å². The smallest absolute Gasteiger partial charge is 0.198 e. The summed E-state index contributed by atoms with van der Waals surface area (Å²) in [5.74, 6) is 0.560. The van der Waals surface area contributed by atoms with E-state index >= 15 is 0 Å². The van der Waals surface area contributed by atoms with Gasteiger partial charge in [-0.05, 0) is 62.4 Å². The van der Waals surface area contributed by atoms with Gasteiger partial charge in [0.25, 0.3) is 0 Å². The first-order valence-electron chi connectivity index (χ1n) is 11.5. The quantitative estimate of drug-likeness (QED) is 0.291. The van der Waals surface area contributed by atoms with Crippen LogP contribution in [-0.2, 0) is 4.79 Å². The van der Waals surface area contributed by atoms with Crippen LogP contribution < -0.4 is 4.74 Å². The molecule has 2 atom stereocenters. The normalized spacial score (nSPS) is 20.1. The molecule has 180 valence electrons. The number of hydrogen-bond acceptors (Lipinski definition) is 7. The molecule has 1 aliphatic rings. The molecule has 1 aromatic carbocycles. The second kappa shape index (κ2) is 13.2. The highest BCUT2D eigenvalue weighted by Crippen LogP contribution is 2.41. The lowest BCUT2D eigenvalue weighted by Crippen LogP contribution is -2.28. The third kappa shape index (κ3) is 7.67. The van der Waals surface area contributed by atoms with Gasteiger partial charge < -0.3 is 20.1 Å². The molecule has 34 heavy (non-hydrogen) atoms. The number of para-hydroxylation sites is 1. The molecule has 0 amide bonds. The summed E-state index contributed by atoms with van der Waals surface area (Å²) in [7, 11) is 0. The summed E-state index contributed by atoms with van der Waals surface area (Å²) in [5, 5.41) is 31.0. The zero-order valence-corrected chi connectivity index (χ0v) is 19.9. The summed E-state index contributed by atoms with van der Waals surface area (Å²) in [5.41, 5.74) is -1.12. The van der Waals surface area contributed by atoms with Crippen molar-refractivity contribution in [3.8, 4) is 5.75 Å². The van der Waals surface area contributed by atoms with E-state index in [-0.39, 0.29) is 18.0 Å². The molecule has 1 heterocycles. The maximum atomic E-state index is 13.1. The molecule has 0 spiro atoms. The van der Waals surface area contributed by atoms with E-state index in [2.05, 4.69) is 4.98 Å². The van der Waals surface area contributed by atoms with Crippen LogP contribution in [0.15, 0.2) is 94.5 Å². The van der Waals surface area contributed by atoms with Crippen molar-refractivity contribution in [3.05, 3.63) is 89.5 Å². The Hall–Kier alpha value is -2.71. The van der Waals surface area contributed by atoms with Crippen LogP contribution in [0.25, 0.3) is 0 Å². The van der Waals surface area contributed by atoms with E-state index in [1.807, 2.05) is 42.5 Å². The van der Waals surface area contributed by atoms with Crippen LogP contribution in [0.5, 0.6) is 5.75 Å². The van der Waals surface area contributed by atoms with E-state index in [4.69, 9.17) is 9.84 Å². The second-order valence-electron chi connectivity index (χ2n) is 8.05. The molecule has 2 unspecified atom stereocenters. The largest absolute Gasteiger partial charge is 0.494 e. The molecule has 0 bridgehead atoms. The molecule has 2 aromatic rings. The number of nitrogens with zero attached hydrogens (tertiary/aromatic N) is 1. The Morgan fingerprint density at radius 1 is 1.09 bits per heavy atom. The number of thioether (sulfide) groups is 1. The number of carbonyl (C=O) groups excluding carboxylic acids is 1. The summed E-state index contributed by atoms with van der Waals surface area (Å²) in [6.07, 6.45) is 9.97. The maximum Gasteiger partial charge on any atom is 0.198 e. The fourth-order valence-corrected chi connectivity index (χ4v) is 4.53. The van der Waals surface area contributed by atoms with Crippen LogP contribution in [0.1, 0.15) is 32.1 Å². The molecular weight excluding hydrogens is 450 g/mol. The molecule has 0 radical (unpaired) electrons. The minimum Gasteiger partial charge on any atom is -0.494 e. The highest BCUT2D eigenvalue weighted by atomic mass is 32.2. The number of ketones is 1. The number of pyridine rings is 1. The SMILES string of the molecule is O=C1C(Sc2ccccn2)=CC(O)(CCCCOc2ccccc2)/C1=C\C=C/C(O)CCCO. The van der Waals surface area contributed by atoms with Crippen molar-refractivity contribution in [2.24, 2.45) is 0 Å². The molecule has 3 rings (SSSR count). The van der Waals surface area contributed by atoms with Crippen LogP contribution in [-0.4, -0.2) is 51.0 Å². The van der Waals surface area contributed by atoms with E-state index in [0.717, 1.165) is 12.2 Å². The van der Waals surface area contributed by atoms with E-state index in [1.165, 1.54) is 11.8 Å². The third-order valence-corrected chi connectivity index (χ3v) is 6.35. The lowest BCUT2D eigenvalue weighted by atomic mass is 9.90. The van der Waals surface area contributed by atoms with Gasteiger partial charge in [-0.3, -0.25) is 4.79 Å². The number of benzene rings is 1. The maximum absolute atomic E-state index is 13.1. The van der Waals surface area contributed by atoms with Crippen molar-refractivity contribution >= 4 is 17.5 Å². The van der Waals surface area contributed by atoms with Crippen molar-refractivity contribution in [2.75, 3.05) is 13.2 Å². The number of aromatic nitrogens is 1. The number of carbonyl (C=O) groups is 1. The number of rotatable bonds is 13. The zero-order chi connectivity index (χ0) is 24.2. The molecule has 6 nitrogen and oxygen atoms in total. The Morgan fingerprint density at radius 3 is 2.62 bits per heavy atom. The van der Waals surface area contributed by atoms with Gasteiger partial charge in [0.05, 0.1) is 17.6 Å². The van der Waals surface area contributed by atoms with Gasteiger partial charge in [0.2, 0.25) is 0 Å². The van der Waals surface area contributed by atoms with Crippen molar-refractivity contribution < 1.29 is 24.9 Å². The summed E-state index contributed by atoms with van der Waals surface area (Å²) in [6, 6.07) is 15.0. The molecule has 0 saturated heterocycles. The molecule has 0 aliphatic heterocycles. The monoisotopic (exact) mass is 481 g/mol. The Morgan fingerprint density at radius 2 is 1.88 bits per heavy atom. The average molecular weight is 482 g/mol. The summed E-state index contributed by atoms with van der Waals surface area (Å²) in [6.45, 7) is 0.527. The van der Waals surface area contributed by atoms with E-state index in [0.29, 0.717) is 42.2 Å². The molecule has 1 aliphatic carbocycles. The minimum absolute atomic E-state index is 0.0102. The number of Topliss-reactive ketones (excluding diaryl/α,β-unsaturated/α-hetero) is 1. The number of hydrogen-bond donors (Lipinski definition) is 3. The molecule has 3 N–H and O–H groups in total. The average Bonchev–Trinajstić information content (AvgIpc) is 3.08. The van der Waals surface area contributed by atoms with Crippen LogP contribution in [0.2, 0.25) is 0 Å². The van der Waals surface area contributed by atoms with Gasteiger partial charge >= 0.3 is 0 Å². The van der Waals surface area contributed by atoms with Crippen molar-refractivity contribution in [1.82, 2.24) is 4.98 Å². The first-order chi connectivity index (χ1) is 16.5. The van der Waals surface area contributed by atoms with Crippen LogP contribution in [0.4, 0.5) is 0 Å². The molecule has 1 aromatic heterocycles. The topological polar surface area (TPSA) is 99.9 Å². The summed E-state index contributed by atoms with van der Waals surface area (Å²) in [4.78, 5) is 17.8. The van der Waals surface area contributed by atoms with Crippen LogP contribution in [0.3, 0.4) is 0 Å². The Kier molecular flexibility index (Phi) is 10.1. The lowest BCUT2D eigenvalue weighted by molar-refractivity contribution is -0.112.